The molecular weight excluding hydrogens is 204 g/mol. The fraction of sp³-hybridized carbons (Fsp3) is 0.583. The molecule has 16 heavy (non-hydrogen) atoms. The third kappa shape index (κ3) is 1.29. The van der Waals surface area contributed by atoms with Gasteiger partial charge in [-0.15, -0.1) is 0 Å². The van der Waals surface area contributed by atoms with Gasteiger partial charge in [0.2, 0.25) is 0 Å². The topological polar surface area (TPSA) is 54.3 Å². The molecule has 86 valence electrons. The van der Waals surface area contributed by atoms with E-state index in [-0.39, 0.29) is 11.3 Å². The molecule has 1 aromatic rings. The van der Waals surface area contributed by atoms with Crippen LogP contribution < -0.4 is 10.9 Å². The first kappa shape index (κ1) is 9.90. The van der Waals surface area contributed by atoms with E-state index < -0.39 is 0 Å². The molecule has 2 aliphatic rings. The Hall–Kier alpha value is -1.29. The summed E-state index contributed by atoms with van der Waals surface area (Å²) in [5, 5.41) is 12.9. The molecule has 0 saturated carbocycles. The Morgan fingerprint density at radius 2 is 2.25 bits per heavy atom. The molecule has 0 spiro atoms. The van der Waals surface area contributed by atoms with Gasteiger partial charge in [0.15, 0.2) is 0 Å². The highest BCUT2D eigenvalue weighted by Gasteiger charge is 2.37. The number of piperidine rings is 1. The predicted molar refractivity (Wildman–Crippen MR) is 60.6 cm³/mol. The fourth-order valence-corrected chi connectivity index (χ4v) is 3.07. The van der Waals surface area contributed by atoms with Crippen molar-refractivity contribution in [2.45, 2.75) is 19.4 Å². The van der Waals surface area contributed by atoms with Crippen molar-refractivity contribution in [3.05, 3.63) is 28.2 Å². The maximum absolute atomic E-state index is 11.8. The summed E-state index contributed by atoms with van der Waals surface area (Å²) in [6, 6.07) is 3.05. The Bertz CT molecular complexity index is 480. The van der Waals surface area contributed by atoms with Gasteiger partial charge in [-0.2, -0.15) is 0 Å². The van der Waals surface area contributed by atoms with Crippen molar-refractivity contribution in [2.75, 3.05) is 13.1 Å². The van der Waals surface area contributed by atoms with Crippen LogP contribution in [-0.2, 0) is 6.54 Å². The zero-order valence-corrected chi connectivity index (χ0v) is 9.31. The summed E-state index contributed by atoms with van der Waals surface area (Å²) in [6.07, 6.45) is 0. The van der Waals surface area contributed by atoms with Crippen LogP contribution in [0.15, 0.2) is 16.9 Å². The van der Waals surface area contributed by atoms with Gasteiger partial charge >= 0.3 is 0 Å². The average molecular weight is 220 g/mol. The maximum Gasteiger partial charge on any atom is 0.254 e. The zero-order valence-electron chi connectivity index (χ0n) is 9.31. The Labute approximate surface area is 93.9 Å². The quantitative estimate of drug-likeness (QED) is 0.669. The standard InChI is InChI=1S/C12H16N2O2/c1-7-8-4-13-5-10(7)11-2-9(15)3-12(16)14(11)6-8/h2-3,7-8,10,13,15H,4-6H2,1H3/t7?,8?,10-/m1/s1. The van der Waals surface area contributed by atoms with E-state index in [1.165, 1.54) is 6.07 Å². The molecule has 3 rings (SSSR count). The molecule has 0 aliphatic carbocycles. The highest BCUT2D eigenvalue weighted by molar-refractivity contribution is 5.27. The summed E-state index contributed by atoms with van der Waals surface area (Å²) in [4.78, 5) is 11.8. The van der Waals surface area contributed by atoms with Crippen LogP contribution in [0.1, 0.15) is 18.5 Å². The van der Waals surface area contributed by atoms with E-state index in [1.807, 2.05) is 4.57 Å². The number of aromatic hydroxyl groups is 1. The second-order valence-electron chi connectivity index (χ2n) is 4.97. The van der Waals surface area contributed by atoms with Crippen LogP contribution in [0.2, 0.25) is 0 Å². The van der Waals surface area contributed by atoms with Crippen molar-refractivity contribution in [2.24, 2.45) is 11.8 Å². The van der Waals surface area contributed by atoms with E-state index in [1.54, 1.807) is 6.07 Å². The molecule has 0 aromatic carbocycles. The molecule has 4 heteroatoms. The SMILES string of the molecule is CC1C2CNC[C@H]1c1cc(O)cc(=O)n1C2. The number of pyridine rings is 1. The van der Waals surface area contributed by atoms with Crippen LogP contribution in [-0.4, -0.2) is 22.8 Å². The van der Waals surface area contributed by atoms with Gasteiger partial charge < -0.3 is 15.0 Å². The lowest BCUT2D eigenvalue weighted by molar-refractivity contribution is 0.172. The molecule has 0 amide bonds. The number of rotatable bonds is 0. The van der Waals surface area contributed by atoms with Crippen molar-refractivity contribution in [3.8, 4) is 5.75 Å². The molecule has 1 saturated heterocycles. The number of hydrogen-bond acceptors (Lipinski definition) is 3. The van der Waals surface area contributed by atoms with Crippen LogP contribution in [0.3, 0.4) is 0 Å². The lowest BCUT2D eigenvalue weighted by Gasteiger charge is -2.42. The molecule has 2 bridgehead atoms. The minimum atomic E-state index is -0.0706. The average Bonchev–Trinajstić information content (AvgIpc) is 2.20. The molecule has 1 fully saturated rings. The van der Waals surface area contributed by atoms with Gasteiger partial charge in [0.25, 0.3) is 5.56 Å². The molecule has 2 N–H and O–H groups in total. The van der Waals surface area contributed by atoms with Gasteiger partial charge in [-0.1, -0.05) is 6.92 Å². The lowest BCUT2D eigenvalue weighted by Crippen LogP contribution is -2.49. The van der Waals surface area contributed by atoms with E-state index in [9.17, 15) is 9.90 Å². The van der Waals surface area contributed by atoms with Crippen molar-refractivity contribution < 1.29 is 5.11 Å². The highest BCUT2D eigenvalue weighted by Crippen LogP contribution is 2.37. The number of aromatic nitrogens is 1. The normalized spacial score (nSPS) is 32.2. The monoisotopic (exact) mass is 220 g/mol. The summed E-state index contributed by atoms with van der Waals surface area (Å²) in [7, 11) is 0. The first-order valence-electron chi connectivity index (χ1n) is 5.81. The fourth-order valence-electron chi connectivity index (χ4n) is 3.07. The predicted octanol–water partition coefficient (Wildman–Crippen LogP) is 0.507. The van der Waals surface area contributed by atoms with E-state index in [0.29, 0.717) is 17.8 Å². The zero-order chi connectivity index (χ0) is 11.3. The van der Waals surface area contributed by atoms with E-state index >= 15 is 0 Å². The molecule has 4 nitrogen and oxygen atoms in total. The van der Waals surface area contributed by atoms with Crippen molar-refractivity contribution in [3.63, 3.8) is 0 Å². The molecule has 3 atom stereocenters. The first-order valence-corrected chi connectivity index (χ1v) is 5.81. The number of hydrogen-bond donors (Lipinski definition) is 2. The van der Waals surface area contributed by atoms with Gasteiger partial charge in [0.1, 0.15) is 5.75 Å². The Balaban J connectivity index is 2.18. The molecule has 2 unspecified atom stereocenters. The van der Waals surface area contributed by atoms with Gasteiger partial charge in [0, 0.05) is 36.8 Å². The molecular formula is C12H16N2O2. The smallest absolute Gasteiger partial charge is 0.254 e. The van der Waals surface area contributed by atoms with Crippen LogP contribution in [0.25, 0.3) is 0 Å². The number of nitrogens with zero attached hydrogens (tertiary/aromatic N) is 1. The third-order valence-corrected chi connectivity index (χ3v) is 4.09. The first-order chi connectivity index (χ1) is 7.66. The second-order valence-corrected chi connectivity index (χ2v) is 4.97. The van der Waals surface area contributed by atoms with Gasteiger partial charge in [-0.3, -0.25) is 4.79 Å². The van der Waals surface area contributed by atoms with Crippen LogP contribution in [0, 0.1) is 11.8 Å². The minimum absolute atomic E-state index is 0.0706. The Kier molecular flexibility index (Phi) is 2.07. The molecule has 0 radical (unpaired) electrons. The van der Waals surface area contributed by atoms with Gasteiger partial charge in [-0.25, -0.2) is 0 Å². The minimum Gasteiger partial charge on any atom is -0.508 e. The van der Waals surface area contributed by atoms with E-state index in [0.717, 1.165) is 25.3 Å². The van der Waals surface area contributed by atoms with E-state index in [2.05, 4.69) is 12.2 Å². The summed E-state index contributed by atoms with van der Waals surface area (Å²) in [5.74, 6) is 1.57. The summed E-state index contributed by atoms with van der Waals surface area (Å²) in [6.45, 7) is 4.91. The Morgan fingerprint density at radius 3 is 3.06 bits per heavy atom. The molecule has 1 aromatic heterocycles. The van der Waals surface area contributed by atoms with Gasteiger partial charge in [0.05, 0.1) is 0 Å². The second kappa shape index (κ2) is 3.35. The number of nitrogens with one attached hydrogen (secondary N) is 1. The number of fused-ring (bicyclic) bond motifs is 4. The van der Waals surface area contributed by atoms with Gasteiger partial charge in [-0.05, 0) is 18.4 Å². The van der Waals surface area contributed by atoms with Crippen LogP contribution >= 0.6 is 0 Å². The lowest BCUT2D eigenvalue weighted by atomic mass is 9.75. The molecule has 2 aliphatic heterocycles. The maximum atomic E-state index is 11.8. The van der Waals surface area contributed by atoms with Crippen molar-refractivity contribution in [1.29, 1.82) is 0 Å². The highest BCUT2D eigenvalue weighted by atomic mass is 16.3. The third-order valence-electron chi connectivity index (χ3n) is 4.09. The summed E-state index contributed by atoms with van der Waals surface area (Å²) in [5.41, 5.74) is 0.916. The largest absolute Gasteiger partial charge is 0.508 e. The van der Waals surface area contributed by atoms with Crippen LogP contribution in [0.5, 0.6) is 5.75 Å². The summed E-state index contributed by atoms with van der Waals surface area (Å²) >= 11 is 0. The van der Waals surface area contributed by atoms with Crippen molar-refractivity contribution in [1.82, 2.24) is 9.88 Å². The van der Waals surface area contributed by atoms with E-state index in [4.69, 9.17) is 0 Å². The summed E-state index contributed by atoms with van der Waals surface area (Å²) < 4.78 is 1.83. The van der Waals surface area contributed by atoms with Crippen LogP contribution in [0.4, 0.5) is 0 Å². The Morgan fingerprint density at radius 1 is 1.44 bits per heavy atom. The van der Waals surface area contributed by atoms with Crippen molar-refractivity contribution >= 4 is 0 Å². The molecule has 3 heterocycles.